The third-order valence-electron chi connectivity index (χ3n) is 4.48. The van der Waals surface area contributed by atoms with Gasteiger partial charge >= 0.3 is 6.03 Å². The maximum absolute atomic E-state index is 12.6. The van der Waals surface area contributed by atoms with Gasteiger partial charge in [-0.15, -0.1) is 10.2 Å². The van der Waals surface area contributed by atoms with Gasteiger partial charge in [-0.25, -0.2) is 4.79 Å². The summed E-state index contributed by atoms with van der Waals surface area (Å²) in [5.74, 6) is 2.11. The number of hydrogen-bond donors (Lipinski definition) is 1. The monoisotopic (exact) mass is 345 g/mol. The zero-order chi connectivity index (χ0) is 18.0. The van der Waals surface area contributed by atoms with E-state index in [1.54, 1.807) is 30.0 Å². The van der Waals surface area contributed by atoms with Crippen LogP contribution in [0.5, 0.6) is 11.5 Å². The summed E-state index contributed by atoms with van der Waals surface area (Å²) in [6.07, 6.45) is 2.40. The van der Waals surface area contributed by atoms with Gasteiger partial charge in [-0.3, -0.25) is 0 Å². The van der Waals surface area contributed by atoms with E-state index in [2.05, 4.69) is 15.5 Å². The number of nitrogens with zero attached hydrogens (tertiary/aromatic N) is 4. The van der Waals surface area contributed by atoms with E-state index in [0.717, 1.165) is 23.6 Å². The average Bonchev–Trinajstić information content (AvgIpc) is 3.05. The van der Waals surface area contributed by atoms with Crippen LogP contribution in [0.25, 0.3) is 0 Å². The van der Waals surface area contributed by atoms with Crippen LogP contribution < -0.4 is 14.8 Å². The normalized spacial score (nSPS) is 14.6. The highest BCUT2D eigenvalue weighted by atomic mass is 16.5. The molecule has 0 saturated heterocycles. The molecular formula is C17H23N5O3. The van der Waals surface area contributed by atoms with Crippen molar-refractivity contribution in [2.45, 2.75) is 25.9 Å². The van der Waals surface area contributed by atoms with Crippen LogP contribution in [0.2, 0.25) is 0 Å². The topological polar surface area (TPSA) is 81.5 Å². The van der Waals surface area contributed by atoms with Gasteiger partial charge in [-0.05, 0) is 36.6 Å². The number of ether oxygens (including phenoxy) is 2. The highest BCUT2D eigenvalue weighted by Gasteiger charge is 2.24. The van der Waals surface area contributed by atoms with Crippen LogP contribution in [0.4, 0.5) is 4.79 Å². The van der Waals surface area contributed by atoms with Crippen molar-refractivity contribution < 1.29 is 14.3 Å². The number of rotatable bonds is 4. The molecular weight excluding hydrogens is 322 g/mol. The molecule has 0 radical (unpaired) electrons. The molecule has 0 unspecified atom stereocenters. The molecule has 0 aliphatic carbocycles. The van der Waals surface area contributed by atoms with Gasteiger partial charge in [0.25, 0.3) is 0 Å². The lowest BCUT2D eigenvalue weighted by atomic mass is 9.99. The van der Waals surface area contributed by atoms with Crippen molar-refractivity contribution in [2.75, 3.05) is 20.8 Å². The molecule has 134 valence electrons. The van der Waals surface area contributed by atoms with Crippen LogP contribution in [0.15, 0.2) is 18.5 Å². The van der Waals surface area contributed by atoms with Crippen LogP contribution in [-0.2, 0) is 20.0 Å². The zero-order valence-corrected chi connectivity index (χ0v) is 14.9. The first kappa shape index (κ1) is 17.1. The molecule has 1 aliphatic heterocycles. The summed E-state index contributed by atoms with van der Waals surface area (Å²) in [6.45, 7) is 3.08. The van der Waals surface area contributed by atoms with E-state index in [9.17, 15) is 4.79 Å². The second kappa shape index (κ2) is 7.00. The highest BCUT2D eigenvalue weighted by molar-refractivity contribution is 5.75. The lowest BCUT2D eigenvalue weighted by Crippen LogP contribution is -2.44. The van der Waals surface area contributed by atoms with Crippen molar-refractivity contribution in [1.82, 2.24) is 25.0 Å². The lowest BCUT2D eigenvalue weighted by Gasteiger charge is -2.30. The molecule has 1 aromatic heterocycles. The molecule has 0 spiro atoms. The van der Waals surface area contributed by atoms with Gasteiger partial charge in [-0.1, -0.05) is 0 Å². The molecule has 1 atom stereocenters. The standard InChI is InChI=1S/C17H23N5O3/c1-11(16-20-18-10-21(16)2)19-17(23)22-6-5-12-7-14(24-3)15(25-4)8-13(12)9-22/h7-8,10-11H,5-6,9H2,1-4H3,(H,19,23)/t11-/m0/s1. The van der Waals surface area contributed by atoms with Gasteiger partial charge in [-0.2, -0.15) is 0 Å². The lowest BCUT2D eigenvalue weighted by molar-refractivity contribution is 0.188. The molecule has 1 aliphatic rings. The van der Waals surface area contributed by atoms with E-state index in [1.165, 1.54) is 5.56 Å². The maximum Gasteiger partial charge on any atom is 0.318 e. The summed E-state index contributed by atoms with van der Waals surface area (Å²) < 4.78 is 12.5. The first-order valence-electron chi connectivity index (χ1n) is 8.16. The number of carbonyl (C=O) groups is 1. The maximum atomic E-state index is 12.6. The predicted octanol–water partition coefficient (Wildman–Crippen LogP) is 1.66. The van der Waals surface area contributed by atoms with Crippen LogP contribution in [0.1, 0.15) is 29.9 Å². The van der Waals surface area contributed by atoms with Crippen LogP contribution >= 0.6 is 0 Å². The van der Waals surface area contributed by atoms with E-state index in [4.69, 9.17) is 9.47 Å². The molecule has 3 rings (SSSR count). The number of benzene rings is 1. The second-order valence-electron chi connectivity index (χ2n) is 6.12. The van der Waals surface area contributed by atoms with Crippen molar-refractivity contribution in [3.8, 4) is 11.5 Å². The minimum absolute atomic E-state index is 0.115. The number of carbonyl (C=O) groups excluding carboxylic acids is 1. The highest BCUT2D eigenvalue weighted by Crippen LogP contribution is 2.33. The molecule has 0 bridgehead atoms. The molecule has 0 fully saturated rings. The van der Waals surface area contributed by atoms with Crippen molar-refractivity contribution in [3.63, 3.8) is 0 Å². The Hall–Kier alpha value is -2.77. The molecule has 8 nitrogen and oxygen atoms in total. The van der Waals surface area contributed by atoms with Crippen molar-refractivity contribution in [2.24, 2.45) is 7.05 Å². The summed E-state index contributed by atoms with van der Waals surface area (Å²) in [6, 6.07) is 3.61. The number of fused-ring (bicyclic) bond motifs is 1. The number of methoxy groups -OCH3 is 2. The van der Waals surface area contributed by atoms with Crippen LogP contribution in [-0.4, -0.2) is 46.5 Å². The van der Waals surface area contributed by atoms with Crippen LogP contribution in [0.3, 0.4) is 0 Å². The Kier molecular flexibility index (Phi) is 4.78. The van der Waals surface area contributed by atoms with E-state index in [0.29, 0.717) is 18.8 Å². The molecule has 1 N–H and O–H groups in total. The van der Waals surface area contributed by atoms with Crippen molar-refractivity contribution in [1.29, 1.82) is 0 Å². The van der Waals surface area contributed by atoms with E-state index in [-0.39, 0.29) is 12.1 Å². The summed E-state index contributed by atoms with van der Waals surface area (Å²) in [5.41, 5.74) is 2.26. The van der Waals surface area contributed by atoms with Gasteiger partial charge in [0.15, 0.2) is 17.3 Å². The fraction of sp³-hybridized carbons (Fsp3) is 0.471. The second-order valence-corrected chi connectivity index (χ2v) is 6.12. The number of aryl methyl sites for hydroxylation is 1. The molecule has 25 heavy (non-hydrogen) atoms. The third kappa shape index (κ3) is 3.38. The zero-order valence-electron chi connectivity index (χ0n) is 14.9. The Balaban J connectivity index is 1.71. The molecule has 1 aromatic carbocycles. The first-order valence-corrected chi connectivity index (χ1v) is 8.16. The molecule has 2 amide bonds. The van der Waals surface area contributed by atoms with E-state index < -0.39 is 0 Å². The Bertz CT molecular complexity index is 774. The minimum Gasteiger partial charge on any atom is -0.493 e. The largest absolute Gasteiger partial charge is 0.493 e. The van der Waals surface area contributed by atoms with Gasteiger partial charge in [0.05, 0.1) is 20.3 Å². The predicted molar refractivity (Wildman–Crippen MR) is 91.6 cm³/mol. The molecule has 0 saturated carbocycles. The van der Waals surface area contributed by atoms with Gasteiger partial charge in [0.1, 0.15) is 6.33 Å². The number of amides is 2. The third-order valence-corrected chi connectivity index (χ3v) is 4.48. The SMILES string of the molecule is COc1cc2c(cc1OC)CN(C(=O)N[C@@H](C)c1nncn1C)CC2. The van der Waals surface area contributed by atoms with Gasteiger partial charge < -0.3 is 24.3 Å². The van der Waals surface area contributed by atoms with E-state index in [1.807, 2.05) is 26.1 Å². The summed E-state index contributed by atoms with van der Waals surface area (Å²) >= 11 is 0. The van der Waals surface area contributed by atoms with Gasteiger partial charge in [0, 0.05) is 20.1 Å². The Morgan fingerprint density at radius 1 is 1.24 bits per heavy atom. The average molecular weight is 345 g/mol. The molecule has 2 heterocycles. The van der Waals surface area contributed by atoms with Gasteiger partial charge in [0.2, 0.25) is 0 Å². The molecule has 8 heteroatoms. The minimum atomic E-state index is -0.216. The Labute approximate surface area is 146 Å². The fourth-order valence-electron chi connectivity index (χ4n) is 3.08. The Morgan fingerprint density at radius 2 is 1.92 bits per heavy atom. The van der Waals surface area contributed by atoms with E-state index >= 15 is 0 Å². The summed E-state index contributed by atoms with van der Waals surface area (Å²) in [7, 11) is 5.09. The number of aromatic nitrogens is 3. The molecule has 2 aromatic rings. The van der Waals surface area contributed by atoms with Crippen molar-refractivity contribution in [3.05, 3.63) is 35.4 Å². The van der Waals surface area contributed by atoms with Crippen molar-refractivity contribution >= 4 is 6.03 Å². The summed E-state index contributed by atoms with van der Waals surface area (Å²) in [4.78, 5) is 14.4. The fourth-order valence-corrected chi connectivity index (χ4v) is 3.08. The Morgan fingerprint density at radius 3 is 2.52 bits per heavy atom. The first-order chi connectivity index (χ1) is 12.0. The smallest absolute Gasteiger partial charge is 0.318 e. The van der Waals surface area contributed by atoms with Crippen LogP contribution in [0, 0.1) is 0 Å². The number of nitrogens with one attached hydrogen (secondary N) is 1. The summed E-state index contributed by atoms with van der Waals surface area (Å²) in [5, 5.41) is 10.9. The number of urea groups is 1. The number of hydrogen-bond acceptors (Lipinski definition) is 5. The quantitative estimate of drug-likeness (QED) is 0.911.